The Morgan fingerprint density at radius 2 is 1.43 bits per heavy atom. The van der Waals surface area contributed by atoms with Crippen LogP contribution in [0.4, 0.5) is 13.2 Å². The number of hydrogen-bond donors (Lipinski definition) is 1. The number of thiol groups is 1. The first-order valence-electron chi connectivity index (χ1n) is 6.42. The Labute approximate surface area is 125 Å². The Bertz CT molecular complexity index is 600. The molecular weight excluding hydrogens is 297 g/mol. The van der Waals surface area contributed by atoms with E-state index in [4.69, 9.17) is 4.74 Å². The van der Waals surface area contributed by atoms with Crippen LogP contribution in [0.3, 0.4) is 0 Å². The molecule has 0 bridgehead atoms. The highest BCUT2D eigenvalue weighted by molar-refractivity contribution is 8.17. The fourth-order valence-electron chi connectivity index (χ4n) is 2.40. The first kappa shape index (κ1) is 15.8. The second-order valence-corrected chi connectivity index (χ2v) is 6.96. The Morgan fingerprint density at radius 3 is 1.86 bits per heavy atom. The Balaban J connectivity index is 2.58. The van der Waals surface area contributed by atoms with Crippen molar-refractivity contribution in [2.24, 2.45) is 0 Å². The third-order valence-electron chi connectivity index (χ3n) is 3.18. The van der Waals surface area contributed by atoms with Crippen molar-refractivity contribution in [1.82, 2.24) is 0 Å². The molecule has 1 atom stereocenters. The molecule has 2 aromatic carbocycles. The molecule has 0 radical (unpaired) electrons. The molecule has 0 amide bonds. The second-order valence-electron chi connectivity index (χ2n) is 4.75. The molecule has 0 saturated heterocycles. The third-order valence-corrected chi connectivity index (χ3v) is 5.27. The molecule has 0 N–H and O–H groups in total. The first-order chi connectivity index (χ1) is 9.84. The van der Waals surface area contributed by atoms with Crippen molar-refractivity contribution in [2.45, 2.75) is 29.1 Å². The van der Waals surface area contributed by atoms with Gasteiger partial charge in [0.05, 0.1) is 7.11 Å². The second kappa shape index (κ2) is 6.02. The highest BCUT2D eigenvalue weighted by Crippen LogP contribution is 2.57. The number of aryl methyl sites for hydroxylation is 2. The predicted molar refractivity (Wildman–Crippen MR) is 80.5 cm³/mol. The summed E-state index contributed by atoms with van der Waals surface area (Å²) in [5.41, 5.74) is -2.83. The van der Waals surface area contributed by atoms with Crippen LogP contribution in [0, 0.1) is 13.8 Å². The smallest absolute Gasteiger partial charge is 0.431 e. The number of rotatable bonds is 3. The molecule has 1 unspecified atom stereocenters. The summed E-state index contributed by atoms with van der Waals surface area (Å²) >= 11 is 0. The molecule has 21 heavy (non-hydrogen) atoms. The highest BCUT2D eigenvalue weighted by Gasteiger charge is 2.38. The fourth-order valence-corrected chi connectivity index (χ4v) is 4.40. The molecule has 0 aromatic heterocycles. The van der Waals surface area contributed by atoms with Crippen LogP contribution in [0.25, 0.3) is 0 Å². The Kier molecular flexibility index (Phi) is 4.52. The maximum atomic E-state index is 13.5. The standard InChI is InChI=1S/C16H17F3OS/c1-11-9-14(10-12(2)15(11)20-3)21(16(17,18)19)13-7-5-4-6-8-13/h4-10,21H,1-3H3. The number of ether oxygens (including phenoxy) is 1. The summed E-state index contributed by atoms with van der Waals surface area (Å²) in [6, 6.07) is 11.2. The van der Waals surface area contributed by atoms with Gasteiger partial charge in [-0.1, -0.05) is 18.2 Å². The van der Waals surface area contributed by atoms with E-state index < -0.39 is 16.4 Å². The molecule has 5 heteroatoms. The van der Waals surface area contributed by atoms with Gasteiger partial charge in [-0.3, -0.25) is 0 Å². The summed E-state index contributed by atoms with van der Waals surface area (Å²) in [7, 11) is -0.871. The molecule has 2 aromatic rings. The summed E-state index contributed by atoms with van der Waals surface area (Å²) < 4.78 is 45.8. The zero-order valence-electron chi connectivity index (χ0n) is 12.0. The van der Waals surface area contributed by atoms with Crippen molar-refractivity contribution in [3.63, 3.8) is 0 Å². The minimum Gasteiger partial charge on any atom is -0.496 e. The van der Waals surface area contributed by atoms with Crippen LogP contribution in [-0.4, -0.2) is 12.6 Å². The number of benzene rings is 2. The van der Waals surface area contributed by atoms with E-state index >= 15 is 0 Å². The van der Waals surface area contributed by atoms with Crippen molar-refractivity contribution < 1.29 is 17.9 Å². The molecule has 0 heterocycles. The molecule has 0 saturated carbocycles. The Morgan fingerprint density at radius 1 is 0.905 bits per heavy atom. The SMILES string of the molecule is COc1c(C)cc([SH](c2ccccc2)C(F)(F)F)cc1C. The normalized spacial score (nSPS) is 13.9. The number of hydrogen-bond acceptors (Lipinski definition) is 1. The van der Waals surface area contributed by atoms with Crippen LogP contribution in [-0.2, 0) is 0 Å². The van der Waals surface area contributed by atoms with Gasteiger partial charge in [0.1, 0.15) is 5.75 Å². The molecule has 0 aliphatic heterocycles. The molecule has 0 fully saturated rings. The maximum Gasteiger partial charge on any atom is 0.431 e. The number of halogens is 3. The van der Waals surface area contributed by atoms with E-state index in [1.54, 1.807) is 44.2 Å². The van der Waals surface area contributed by atoms with E-state index in [1.807, 2.05) is 0 Å². The van der Waals surface area contributed by atoms with Crippen molar-refractivity contribution in [3.05, 3.63) is 53.6 Å². The molecule has 0 aliphatic carbocycles. The largest absolute Gasteiger partial charge is 0.496 e. The van der Waals surface area contributed by atoms with E-state index in [0.717, 1.165) is 11.1 Å². The summed E-state index contributed by atoms with van der Waals surface area (Å²) in [6.45, 7) is 3.54. The van der Waals surface area contributed by atoms with Gasteiger partial charge in [0.25, 0.3) is 0 Å². The predicted octanol–water partition coefficient (Wildman–Crippen LogP) is 5.25. The van der Waals surface area contributed by atoms with Gasteiger partial charge < -0.3 is 4.74 Å². The lowest BCUT2D eigenvalue weighted by Crippen LogP contribution is -2.10. The number of methoxy groups -OCH3 is 1. The lowest BCUT2D eigenvalue weighted by molar-refractivity contribution is -0.0355. The average molecular weight is 314 g/mol. The highest BCUT2D eigenvalue weighted by atomic mass is 32.2. The van der Waals surface area contributed by atoms with Crippen molar-refractivity contribution in [2.75, 3.05) is 7.11 Å². The lowest BCUT2D eigenvalue weighted by atomic mass is 10.1. The quantitative estimate of drug-likeness (QED) is 0.761. The van der Waals surface area contributed by atoms with Crippen LogP contribution in [0.5, 0.6) is 5.75 Å². The summed E-state index contributed by atoms with van der Waals surface area (Å²) in [6.07, 6.45) is 0. The van der Waals surface area contributed by atoms with Crippen LogP contribution in [0.2, 0.25) is 0 Å². The van der Waals surface area contributed by atoms with E-state index in [0.29, 0.717) is 15.5 Å². The summed E-state index contributed by atoms with van der Waals surface area (Å²) in [4.78, 5) is 0.614. The zero-order chi connectivity index (χ0) is 15.6. The van der Waals surface area contributed by atoms with Crippen molar-refractivity contribution in [3.8, 4) is 5.75 Å². The third kappa shape index (κ3) is 3.35. The summed E-state index contributed by atoms with van der Waals surface area (Å²) in [5.74, 6) is 0.643. The van der Waals surface area contributed by atoms with Crippen LogP contribution < -0.4 is 4.74 Å². The molecule has 0 aliphatic rings. The van der Waals surface area contributed by atoms with Gasteiger partial charge in [0.15, 0.2) is 0 Å². The van der Waals surface area contributed by atoms with Crippen LogP contribution >= 0.6 is 10.9 Å². The number of alkyl halides is 3. The molecule has 1 nitrogen and oxygen atoms in total. The monoisotopic (exact) mass is 314 g/mol. The van der Waals surface area contributed by atoms with Gasteiger partial charge in [-0.2, -0.15) is 13.2 Å². The van der Waals surface area contributed by atoms with E-state index in [-0.39, 0.29) is 0 Å². The lowest BCUT2D eigenvalue weighted by Gasteiger charge is -2.26. The van der Waals surface area contributed by atoms with Gasteiger partial charge in [-0.25, -0.2) is 0 Å². The molecule has 114 valence electrons. The fraction of sp³-hybridized carbons (Fsp3) is 0.250. The van der Waals surface area contributed by atoms with E-state index in [1.165, 1.54) is 19.2 Å². The molecule has 2 rings (SSSR count). The van der Waals surface area contributed by atoms with Gasteiger partial charge in [0, 0.05) is 0 Å². The first-order valence-corrected chi connectivity index (χ1v) is 7.76. The van der Waals surface area contributed by atoms with E-state index in [2.05, 4.69) is 0 Å². The van der Waals surface area contributed by atoms with Crippen LogP contribution in [0.15, 0.2) is 52.3 Å². The zero-order valence-corrected chi connectivity index (χ0v) is 12.9. The van der Waals surface area contributed by atoms with Gasteiger partial charge in [0.2, 0.25) is 0 Å². The van der Waals surface area contributed by atoms with Gasteiger partial charge >= 0.3 is 5.51 Å². The maximum absolute atomic E-state index is 13.5. The minimum atomic E-state index is -4.27. The van der Waals surface area contributed by atoms with Gasteiger partial charge in [-0.15, -0.1) is 10.9 Å². The minimum absolute atomic E-state index is 0.305. The molecule has 0 spiro atoms. The van der Waals surface area contributed by atoms with Crippen LogP contribution in [0.1, 0.15) is 11.1 Å². The topological polar surface area (TPSA) is 9.23 Å². The molecular formula is C16H17F3OS. The van der Waals surface area contributed by atoms with E-state index in [9.17, 15) is 13.2 Å². The Hall–Kier alpha value is -1.62. The summed E-state index contributed by atoms with van der Waals surface area (Å²) in [5, 5.41) is 0. The van der Waals surface area contributed by atoms with Crippen molar-refractivity contribution in [1.29, 1.82) is 0 Å². The van der Waals surface area contributed by atoms with Crippen molar-refractivity contribution >= 4 is 10.9 Å². The van der Waals surface area contributed by atoms with Gasteiger partial charge in [-0.05, 0) is 59.0 Å². The average Bonchev–Trinajstić information content (AvgIpc) is 2.38.